The number of carbonyl (C=O) groups is 1. The van der Waals surface area contributed by atoms with Gasteiger partial charge in [0.15, 0.2) is 0 Å². The quantitative estimate of drug-likeness (QED) is 0.854. The summed E-state index contributed by atoms with van der Waals surface area (Å²) in [6.45, 7) is 4.14. The van der Waals surface area contributed by atoms with Gasteiger partial charge in [-0.3, -0.25) is 4.79 Å². The number of hydrogen-bond donors (Lipinski definition) is 2. The molecule has 0 bridgehead atoms. The second-order valence-corrected chi connectivity index (χ2v) is 6.72. The molecule has 2 N–H and O–H groups in total. The molecule has 0 radical (unpaired) electrons. The first-order valence-corrected chi connectivity index (χ1v) is 8.84. The van der Waals surface area contributed by atoms with E-state index in [0.717, 1.165) is 19.5 Å². The van der Waals surface area contributed by atoms with Crippen LogP contribution in [0.1, 0.15) is 36.8 Å². The lowest BCUT2D eigenvalue weighted by Gasteiger charge is -2.31. The van der Waals surface area contributed by atoms with Crippen LogP contribution in [-0.2, 0) is 4.79 Å². The molecule has 0 spiro atoms. The van der Waals surface area contributed by atoms with Crippen LogP contribution >= 0.6 is 12.4 Å². The van der Waals surface area contributed by atoms with Crippen molar-refractivity contribution >= 4 is 18.3 Å². The summed E-state index contributed by atoms with van der Waals surface area (Å²) in [5.41, 5.74) is 2.38. The Bertz CT molecular complexity index is 608. The number of amides is 1. The molecule has 1 amide bonds. The molecular weight excluding hydrogens is 332 g/mol. The van der Waals surface area contributed by atoms with E-state index in [4.69, 9.17) is 0 Å². The van der Waals surface area contributed by atoms with Crippen LogP contribution in [0.15, 0.2) is 60.7 Å². The zero-order valence-corrected chi connectivity index (χ0v) is 15.5. The molecule has 2 unspecified atom stereocenters. The molecule has 3 nitrogen and oxygen atoms in total. The summed E-state index contributed by atoms with van der Waals surface area (Å²) in [5, 5.41) is 6.61. The van der Waals surface area contributed by atoms with Crippen LogP contribution in [0.25, 0.3) is 0 Å². The Kier molecular flexibility index (Phi) is 7.48. The van der Waals surface area contributed by atoms with E-state index in [9.17, 15) is 4.79 Å². The van der Waals surface area contributed by atoms with Gasteiger partial charge >= 0.3 is 0 Å². The molecule has 25 heavy (non-hydrogen) atoms. The van der Waals surface area contributed by atoms with Gasteiger partial charge in [-0.15, -0.1) is 12.4 Å². The second kappa shape index (κ2) is 9.59. The highest BCUT2D eigenvalue weighted by atomic mass is 35.5. The predicted molar refractivity (Wildman–Crippen MR) is 105 cm³/mol. The number of nitrogens with one attached hydrogen (secondary N) is 2. The zero-order chi connectivity index (χ0) is 16.8. The predicted octanol–water partition coefficient (Wildman–Crippen LogP) is 3.74. The standard InChI is InChI=1S/C21H26N2O.ClH/c1-16-12-13-22-15-20(16)23-21(24)14-19(17-8-4-2-5-9-17)18-10-6-3-7-11-18;/h2-11,16,19-20,22H,12-15H2,1H3,(H,23,24);1H. The fourth-order valence-corrected chi connectivity index (χ4v) is 3.43. The topological polar surface area (TPSA) is 41.1 Å². The molecule has 2 aromatic carbocycles. The fourth-order valence-electron chi connectivity index (χ4n) is 3.43. The van der Waals surface area contributed by atoms with Crippen molar-refractivity contribution in [1.29, 1.82) is 0 Å². The van der Waals surface area contributed by atoms with E-state index < -0.39 is 0 Å². The number of halogens is 1. The van der Waals surface area contributed by atoms with Crippen molar-refractivity contribution in [2.45, 2.75) is 31.7 Å². The van der Waals surface area contributed by atoms with E-state index in [0.29, 0.717) is 12.3 Å². The molecule has 2 atom stereocenters. The van der Waals surface area contributed by atoms with Gasteiger partial charge in [0.2, 0.25) is 5.91 Å². The highest BCUT2D eigenvalue weighted by molar-refractivity contribution is 5.85. The molecule has 4 heteroatoms. The Balaban J connectivity index is 0.00000225. The smallest absolute Gasteiger partial charge is 0.221 e. The molecule has 134 valence electrons. The number of carbonyl (C=O) groups excluding carboxylic acids is 1. The van der Waals surface area contributed by atoms with Gasteiger partial charge in [0.05, 0.1) is 0 Å². The summed E-state index contributed by atoms with van der Waals surface area (Å²) in [7, 11) is 0. The van der Waals surface area contributed by atoms with Crippen molar-refractivity contribution < 1.29 is 4.79 Å². The SMILES string of the molecule is CC1CCNCC1NC(=O)CC(c1ccccc1)c1ccccc1.Cl. The lowest BCUT2D eigenvalue weighted by Crippen LogP contribution is -2.50. The first kappa shape index (κ1) is 19.5. The number of rotatable bonds is 5. The van der Waals surface area contributed by atoms with Gasteiger partial charge in [-0.25, -0.2) is 0 Å². The third kappa shape index (κ3) is 5.32. The van der Waals surface area contributed by atoms with Crippen LogP contribution in [0.4, 0.5) is 0 Å². The molecule has 1 heterocycles. The van der Waals surface area contributed by atoms with Crippen molar-refractivity contribution in [3.05, 3.63) is 71.8 Å². The third-order valence-electron chi connectivity index (χ3n) is 4.97. The van der Waals surface area contributed by atoms with Crippen LogP contribution in [0, 0.1) is 5.92 Å². The van der Waals surface area contributed by atoms with Crippen LogP contribution in [-0.4, -0.2) is 25.0 Å². The summed E-state index contributed by atoms with van der Waals surface area (Å²) < 4.78 is 0. The van der Waals surface area contributed by atoms with E-state index in [1.807, 2.05) is 36.4 Å². The van der Waals surface area contributed by atoms with Gasteiger partial charge in [0, 0.05) is 24.9 Å². The summed E-state index contributed by atoms with van der Waals surface area (Å²) in [4.78, 5) is 12.7. The highest BCUT2D eigenvalue weighted by Crippen LogP contribution is 2.28. The Morgan fingerprint density at radius 3 is 2.16 bits per heavy atom. The summed E-state index contributed by atoms with van der Waals surface area (Å²) in [5.74, 6) is 0.759. The van der Waals surface area contributed by atoms with Crippen molar-refractivity contribution in [2.24, 2.45) is 5.92 Å². The van der Waals surface area contributed by atoms with Crippen molar-refractivity contribution in [2.75, 3.05) is 13.1 Å². The van der Waals surface area contributed by atoms with Gasteiger partial charge in [0.25, 0.3) is 0 Å². The van der Waals surface area contributed by atoms with Crippen LogP contribution < -0.4 is 10.6 Å². The molecule has 0 saturated carbocycles. The monoisotopic (exact) mass is 358 g/mol. The Labute approximate surface area is 156 Å². The normalized spacial score (nSPS) is 19.9. The van der Waals surface area contributed by atoms with Gasteiger partial charge in [-0.05, 0) is 30.0 Å². The maximum absolute atomic E-state index is 12.7. The van der Waals surface area contributed by atoms with Crippen LogP contribution in [0.2, 0.25) is 0 Å². The van der Waals surface area contributed by atoms with Crippen LogP contribution in [0.5, 0.6) is 0 Å². The molecule has 1 aliphatic rings. The van der Waals surface area contributed by atoms with Crippen LogP contribution in [0.3, 0.4) is 0 Å². The second-order valence-electron chi connectivity index (χ2n) is 6.72. The molecule has 0 aromatic heterocycles. The first-order chi connectivity index (χ1) is 11.7. The first-order valence-electron chi connectivity index (χ1n) is 8.84. The summed E-state index contributed by atoms with van der Waals surface area (Å²) >= 11 is 0. The molecule has 1 aliphatic heterocycles. The summed E-state index contributed by atoms with van der Waals surface area (Å²) in [6.07, 6.45) is 1.60. The number of hydrogen-bond acceptors (Lipinski definition) is 2. The number of benzene rings is 2. The molecule has 1 saturated heterocycles. The van der Waals surface area contributed by atoms with Crippen molar-refractivity contribution in [3.8, 4) is 0 Å². The molecule has 3 rings (SSSR count). The van der Waals surface area contributed by atoms with Gasteiger partial charge in [-0.1, -0.05) is 67.6 Å². The van der Waals surface area contributed by atoms with E-state index >= 15 is 0 Å². The lowest BCUT2D eigenvalue weighted by atomic mass is 9.88. The van der Waals surface area contributed by atoms with Gasteiger partial charge in [-0.2, -0.15) is 0 Å². The van der Waals surface area contributed by atoms with E-state index in [1.165, 1.54) is 11.1 Å². The van der Waals surface area contributed by atoms with Gasteiger partial charge in [0.1, 0.15) is 0 Å². The highest BCUT2D eigenvalue weighted by Gasteiger charge is 2.24. The third-order valence-corrected chi connectivity index (χ3v) is 4.97. The molecule has 2 aromatic rings. The Hall–Kier alpha value is -1.84. The molecule has 0 aliphatic carbocycles. The lowest BCUT2D eigenvalue weighted by molar-refractivity contribution is -0.122. The van der Waals surface area contributed by atoms with Crippen molar-refractivity contribution in [1.82, 2.24) is 10.6 Å². The largest absolute Gasteiger partial charge is 0.352 e. The zero-order valence-electron chi connectivity index (χ0n) is 14.7. The van der Waals surface area contributed by atoms with E-state index in [2.05, 4.69) is 41.8 Å². The average Bonchev–Trinajstić information content (AvgIpc) is 2.63. The molecular formula is C21H27ClN2O. The van der Waals surface area contributed by atoms with E-state index in [1.54, 1.807) is 0 Å². The van der Waals surface area contributed by atoms with Crippen molar-refractivity contribution in [3.63, 3.8) is 0 Å². The maximum atomic E-state index is 12.7. The van der Waals surface area contributed by atoms with E-state index in [-0.39, 0.29) is 30.3 Å². The minimum absolute atomic E-state index is 0. The summed E-state index contributed by atoms with van der Waals surface area (Å²) in [6, 6.07) is 20.8. The Morgan fingerprint density at radius 2 is 1.64 bits per heavy atom. The maximum Gasteiger partial charge on any atom is 0.221 e. The minimum atomic E-state index is 0. The minimum Gasteiger partial charge on any atom is -0.352 e. The Morgan fingerprint density at radius 1 is 1.08 bits per heavy atom. The number of piperidine rings is 1. The molecule has 1 fully saturated rings. The fraction of sp³-hybridized carbons (Fsp3) is 0.381. The van der Waals surface area contributed by atoms with Gasteiger partial charge < -0.3 is 10.6 Å². The average molecular weight is 359 g/mol.